The zero-order chi connectivity index (χ0) is 51.3. The molecule has 4 aromatic carbocycles. The van der Waals surface area contributed by atoms with E-state index in [0.29, 0.717) is 132 Å². The third-order valence-corrected chi connectivity index (χ3v) is 17.5. The van der Waals surface area contributed by atoms with Gasteiger partial charge in [-0.15, -0.1) is 45.3 Å². The fourth-order valence-electron chi connectivity index (χ4n) is 9.62. The van der Waals surface area contributed by atoms with Crippen molar-refractivity contribution in [1.29, 1.82) is 0 Å². The molecule has 11 aromatic rings. The largest absolute Gasteiger partial charge is 0.492 e. The van der Waals surface area contributed by atoms with Gasteiger partial charge in [-0.25, -0.2) is 49.8 Å². The molecule has 0 fully saturated rings. The van der Waals surface area contributed by atoms with Crippen LogP contribution in [0.4, 0.5) is 0 Å². The SMILES string of the molecule is Cc1ncsc1CCOc1cccc2c1-c1nc-2nc2[nH]c(nc3nc(nc4[nH]c(n1)c1c(OCCc5scnc5C)cccc41)-c1cccc(OCCc4scnc4C)c1-3)c1c(OCCc3scnc3C)cccc21. The number of aromatic nitrogens is 12. The van der Waals surface area contributed by atoms with Crippen LogP contribution < -0.4 is 18.9 Å². The van der Waals surface area contributed by atoms with Crippen molar-refractivity contribution in [3.63, 3.8) is 0 Å². The van der Waals surface area contributed by atoms with Gasteiger partial charge in [0.1, 0.15) is 45.6 Å². The Morgan fingerprint density at radius 2 is 0.697 bits per heavy atom. The number of benzene rings is 4. The minimum Gasteiger partial charge on any atom is -0.492 e. The maximum Gasteiger partial charge on any atom is 0.168 e. The van der Waals surface area contributed by atoms with Gasteiger partial charge < -0.3 is 28.9 Å². The molecule has 0 unspecified atom stereocenters. The van der Waals surface area contributed by atoms with Crippen molar-refractivity contribution in [2.45, 2.75) is 53.4 Å². The number of aromatic amines is 2. The van der Waals surface area contributed by atoms with Gasteiger partial charge in [-0.2, -0.15) is 0 Å². The number of thiazole rings is 4. The molecule has 2 aliphatic heterocycles. The highest BCUT2D eigenvalue weighted by molar-refractivity contribution is 7.10. The number of fused-ring (bicyclic) bond motifs is 20. The molecule has 9 heterocycles. The first-order chi connectivity index (χ1) is 37.3. The van der Waals surface area contributed by atoms with Crippen LogP contribution in [0.2, 0.25) is 0 Å². The van der Waals surface area contributed by atoms with Gasteiger partial charge in [-0.1, -0.05) is 48.5 Å². The maximum absolute atomic E-state index is 6.67. The van der Waals surface area contributed by atoms with Crippen LogP contribution in [0.5, 0.6) is 23.0 Å². The Hall–Kier alpha value is -8.04. The van der Waals surface area contributed by atoms with Gasteiger partial charge in [0.05, 0.1) is 93.1 Å². The second kappa shape index (κ2) is 20.2. The smallest absolute Gasteiger partial charge is 0.168 e. The van der Waals surface area contributed by atoms with Gasteiger partial charge >= 0.3 is 0 Å². The molecule has 7 aromatic heterocycles. The predicted octanol–water partition coefficient (Wildman–Crippen LogP) is 12.4. The number of nitrogens with one attached hydrogen (secondary N) is 2. The monoisotopic (exact) mass is 1080 g/mol. The lowest BCUT2D eigenvalue weighted by Gasteiger charge is -2.10. The fraction of sp³-hybridized carbons (Fsp3) is 0.214. The summed E-state index contributed by atoms with van der Waals surface area (Å²) in [4.78, 5) is 61.8. The van der Waals surface area contributed by atoms with E-state index in [1.807, 2.05) is 123 Å². The summed E-state index contributed by atoms with van der Waals surface area (Å²) in [6.07, 6.45) is 2.78. The fourth-order valence-corrected chi connectivity index (χ4v) is 12.7. The first-order valence-electron chi connectivity index (χ1n) is 24.7. The first-order valence-corrected chi connectivity index (χ1v) is 28.2. The molecule has 0 atom stereocenters. The van der Waals surface area contributed by atoms with Crippen molar-refractivity contribution in [2.75, 3.05) is 26.4 Å². The topological polar surface area (TPSA) is 197 Å². The molecule has 20 heteroatoms. The van der Waals surface area contributed by atoms with Crippen LogP contribution in [0.3, 0.4) is 0 Å². The summed E-state index contributed by atoms with van der Waals surface area (Å²) >= 11 is 6.51. The van der Waals surface area contributed by atoms with Crippen LogP contribution >= 0.6 is 45.3 Å². The van der Waals surface area contributed by atoms with E-state index in [1.54, 1.807) is 45.3 Å². The third-order valence-electron chi connectivity index (χ3n) is 13.5. The highest BCUT2D eigenvalue weighted by Gasteiger charge is 2.28. The van der Waals surface area contributed by atoms with Crippen LogP contribution in [0.25, 0.3) is 89.7 Å². The molecule has 0 radical (unpaired) electrons. The van der Waals surface area contributed by atoms with Crippen molar-refractivity contribution in [3.8, 4) is 68.5 Å². The van der Waals surface area contributed by atoms with Crippen molar-refractivity contribution in [3.05, 3.63) is 137 Å². The Bertz CT molecular complexity index is 3930. The maximum atomic E-state index is 6.67. The summed E-state index contributed by atoms with van der Waals surface area (Å²) in [6.45, 7) is 9.78. The lowest BCUT2D eigenvalue weighted by molar-refractivity contribution is 0.324. The highest BCUT2D eigenvalue weighted by Crippen LogP contribution is 2.44. The molecule has 76 heavy (non-hydrogen) atoms. The minimum absolute atomic E-state index is 0.410. The lowest BCUT2D eigenvalue weighted by atomic mass is 10.1. The molecule has 13 rings (SSSR count). The van der Waals surface area contributed by atoms with Crippen molar-refractivity contribution in [2.24, 2.45) is 0 Å². The van der Waals surface area contributed by atoms with E-state index >= 15 is 0 Å². The zero-order valence-corrected chi connectivity index (χ0v) is 44.9. The number of H-pyrrole nitrogens is 2. The second-order valence-corrected chi connectivity index (χ2v) is 21.9. The number of aryl methyl sites for hydroxylation is 4. The average Bonchev–Trinajstić information content (AvgIpc) is 4.36. The summed E-state index contributed by atoms with van der Waals surface area (Å²) in [7, 11) is 0. The van der Waals surface area contributed by atoms with E-state index < -0.39 is 0 Å². The van der Waals surface area contributed by atoms with Crippen molar-refractivity contribution < 1.29 is 18.9 Å². The molecule has 2 aliphatic rings. The quantitative estimate of drug-likeness (QED) is 0.0926. The van der Waals surface area contributed by atoms with Crippen LogP contribution in [0, 0.1) is 27.7 Å². The number of hydrogen-bond acceptors (Lipinski definition) is 18. The lowest BCUT2D eigenvalue weighted by Crippen LogP contribution is -2.02. The van der Waals surface area contributed by atoms with E-state index in [4.69, 9.17) is 48.9 Å². The molecule has 0 spiro atoms. The van der Waals surface area contributed by atoms with E-state index in [1.165, 1.54) is 19.5 Å². The summed E-state index contributed by atoms with van der Waals surface area (Å²) in [5, 5.41) is 3.04. The molecule has 8 bridgehead atoms. The zero-order valence-electron chi connectivity index (χ0n) is 41.6. The second-order valence-electron chi connectivity index (χ2n) is 18.2. The molecule has 2 N–H and O–H groups in total. The first kappa shape index (κ1) is 47.7. The van der Waals surface area contributed by atoms with Gasteiger partial charge in [0.25, 0.3) is 0 Å². The van der Waals surface area contributed by atoms with Gasteiger partial charge in [0.2, 0.25) is 0 Å². The number of rotatable bonds is 16. The highest BCUT2D eigenvalue weighted by atomic mass is 32.1. The van der Waals surface area contributed by atoms with E-state index in [2.05, 4.69) is 29.9 Å². The molecule has 0 saturated carbocycles. The van der Waals surface area contributed by atoms with Crippen LogP contribution in [0.15, 0.2) is 94.8 Å². The van der Waals surface area contributed by atoms with Gasteiger partial charge in [0.15, 0.2) is 23.3 Å². The average molecular weight is 1080 g/mol. The molecule has 378 valence electrons. The number of hydrogen-bond donors (Lipinski definition) is 2. The minimum atomic E-state index is 0.410. The normalized spacial score (nSPS) is 11.8. The Labute approximate surface area is 451 Å². The number of ether oxygens (including phenoxy) is 4. The number of nitrogens with zero attached hydrogens (tertiary/aromatic N) is 10. The Balaban J connectivity index is 1.04. The standard InChI is InChI=1S/C56H46N12O4S4/c1-29-41(73-25-57-29)17-21-69-37-13-5-9-33-45(37)53-63-49(33)61-50-35-11-7-15-39(71-23-19-43-31(3)59-27-75-43)47(35)55(65-50)68-56-48-36(12-8-16-40(48)72-24-20-44-32(4)60-28-76-44)52(66-56)62-51-34-10-6-14-38(46(34)54(64-51)67-53)70-22-18-42-30(2)58-26-74-42/h5-16,25-28H,17-24H2,1-4H3,(H2,61,62,63,64,65,66,67,68). The third kappa shape index (κ3) is 8.99. The van der Waals surface area contributed by atoms with E-state index in [0.717, 1.165) is 55.4 Å². The van der Waals surface area contributed by atoms with Crippen LogP contribution in [0.1, 0.15) is 42.3 Å². The van der Waals surface area contributed by atoms with E-state index in [-0.39, 0.29) is 0 Å². The summed E-state index contributed by atoms with van der Waals surface area (Å²) in [5.41, 5.74) is 16.5. The van der Waals surface area contributed by atoms with Gasteiger partial charge in [-0.05, 0) is 52.0 Å². The summed E-state index contributed by atoms with van der Waals surface area (Å²) in [5.74, 6) is 4.23. The molecular formula is C56H46N12O4S4. The Kier molecular flexibility index (Phi) is 12.7. The molecule has 16 nitrogen and oxygen atoms in total. The molecule has 0 amide bonds. The van der Waals surface area contributed by atoms with Crippen LogP contribution in [-0.2, 0) is 25.7 Å². The summed E-state index contributed by atoms with van der Waals surface area (Å²) in [6, 6.07) is 23.7. The van der Waals surface area contributed by atoms with Crippen LogP contribution in [-0.4, -0.2) is 86.2 Å². The van der Waals surface area contributed by atoms with E-state index in [9.17, 15) is 0 Å². The van der Waals surface area contributed by atoms with Gasteiger partial charge in [0, 0.05) is 67.1 Å². The van der Waals surface area contributed by atoms with Crippen molar-refractivity contribution >= 4 is 89.5 Å². The van der Waals surface area contributed by atoms with Gasteiger partial charge in [-0.3, -0.25) is 0 Å². The molecule has 0 aliphatic carbocycles. The Morgan fingerprint density at radius 1 is 0.368 bits per heavy atom. The predicted molar refractivity (Wildman–Crippen MR) is 300 cm³/mol. The molecular weight excluding hydrogens is 1030 g/mol. The Morgan fingerprint density at radius 3 is 1.05 bits per heavy atom. The summed E-state index contributed by atoms with van der Waals surface area (Å²) < 4.78 is 26.7. The van der Waals surface area contributed by atoms with Crippen molar-refractivity contribution in [1.82, 2.24) is 59.8 Å². The molecule has 0 saturated heterocycles.